The number of likely N-dealkylation sites (N-methyl/N-ethyl adjacent to an activating group) is 1. The highest BCUT2D eigenvalue weighted by molar-refractivity contribution is 5.60. The van der Waals surface area contributed by atoms with E-state index in [1.54, 1.807) is 0 Å². The summed E-state index contributed by atoms with van der Waals surface area (Å²) in [7, 11) is 3.91. The molecule has 0 radical (unpaired) electrons. The molecule has 6 nitrogen and oxygen atoms in total. The molecule has 2 aromatic rings. The average Bonchev–Trinajstić information content (AvgIpc) is 3.43. The topological polar surface area (TPSA) is 65.1 Å². The molecular weight excluding hydrogens is 405 g/mol. The van der Waals surface area contributed by atoms with Crippen LogP contribution in [-0.2, 0) is 6.18 Å². The van der Waals surface area contributed by atoms with E-state index in [0.717, 1.165) is 44.0 Å². The summed E-state index contributed by atoms with van der Waals surface area (Å²) >= 11 is 0. The number of hydrogen-bond donors (Lipinski definition) is 3. The first-order valence-corrected chi connectivity index (χ1v) is 10.8. The first-order chi connectivity index (χ1) is 14.8. The predicted octanol–water partition coefficient (Wildman–Crippen LogP) is 4.61. The van der Waals surface area contributed by atoms with Gasteiger partial charge in [0.25, 0.3) is 0 Å². The second kappa shape index (κ2) is 7.63. The fourth-order valence-electron chi connectivity index (χ4n) is 5.30. The number of halogens is 3. The maximum atomic E-state index is 13.6. The largest absolute Gasteiger partial charge is 0.421 e. The monoisotopic (exact) mass is 432 g/mol. The van der Waals surface area contributed by atoms with Gasteiger partial charge < -0.3 is 20.9 Å². The minimum Gasteiger partial charge on any atom is -0.365 e. The van der Waals surface area contributed by atoms with E-state index in [0.29, 0.717) is 12.1 Å². The fourth-order valence-corrected chi connectivity index (χ4v) is 5.30. The molecule has 1 saturated heterocycles. The summed E-state index contributed by atoms with van der Waals surface area (Å²) in [6.45, 7) is 0. The molecule has 166 valence electrons. The number of alkyl halides is 3. The Morgan fingerprint density at radius 3 is 2.58 bits per heavy atom. The predicted molar refractivity (Wildman–Crippen MR) is 113 cm³/mol. The van der Waals surface area contributed by atoms with Gasteiger partial charge in [-0.25, -0.2) is 4.98 Å². The van der Waals surface area contributed by atoms with Gasteiger partial charge in [0.2, 0.25) is 5.95 Å². The molecule has 2 fully saturated rings. The van der Waals surface area contributed by atoms with Gasteiger partial charge in [0.15, 0.2) is 0 Å². The van der Waals surface area contributed by atoms with E-state index in [1.165, 1.54) is 11.1 Å². The van der Waals surface area contributed by atoms with Crippen LogP contribution in [0.2, 0.25) is 0 Å². The van der Waals surface area contributed by atoms with Crippen molar-refractivity contribution in [2.75, 3.05) is 24.7 Å². The minimum absolute atomic E-state index is 0.0829. The van der Waals surface area contributed by atoms with Crippen LogP contribution in [0.3, 0.4) is 0 Å². The summed E-state index contributed by atoms with van der Waals surface area (Å²) in [6.07, 6.45) is 1.35. The van der Waals surface area contributed by atoms with Crippen molar-refractivity contribution in [3.05, 3.63) is 41.1 Å². The smallest absolute Gasteiger partial charge is 0.365 e. The van der Waals surface area contributed by atoms with Gasteiger partial charge >= 0.3 is 6.18 Å². The quantitative estimate of drug-likeness (QED) is 0.641. The molecule has 3 N–H and O–H groups in total. The van der Waals surface area contributed by atoms with Crippen molar-refractivity contribution in [3.63, 3.8) is 0 Å². The number of rotatable bonds is 5. The number of anilines is 3. The molecule has 2 bridgehead atoms. The van der Waals surface area contributed by atoms with E-state index >= 15 is 0 Å². The standard InChI is InChI=1S/C22H27F3N6/c1-31(2)19-5-3-4-18(19)29-20-15(22(23,24)25)11-26-21(30-20)27-12-6-7-13-14(10-12)17-9-8-16(13)28-17/h6-7,10-11,16-19,28H,3-5,8-9H2,1-2H3,(H2,26,27,29,30)/t16-,17+,18-,19-/m1/s1. The molecule has 4 atom stereocenters. The Hall–Kier alpha value is -2.39. The van der Waals surface area contributed by atoms with Crippen molar-refractivity contribution in [2.24, 2.45) is 0 Å². The third kappa shape index (κ3) is 3.85. The van der Waals surface area contributed by atoms with Gasteiger partial charge in [-0.3, -0.25) is 0 Å². The SMILES string of the molecule is CN(C)[C@@H]1CCC[C@H]1Nc1nc(Nc2ccc3c(c2)[C@@H]2CC[C@H]3N2)ncc1C(F)(F)F. The second-order valence-corrected chi connectivity index (χ2v) is 8.98. The average molecular weight is 432 g/mol. The van der Waals surface area contributed by atoms with Crippen LogP contribution in [0.5, 0.6) is 0 Å². The lowest BCUT2D eigenvalue weighted by Crippen LogP contribution is -2.39. The first kappa shape index (κ1) is 20.5. The Labute approximate surface area is 179 Å². The molecule has 0 amide bonds. The van der Waals surface area contributed by atoms with Crippen molar-refractivity contribution in [1.82, 2.24) is 20.2 Å². The van der Waals surface area contributed by atoms with Crippen LogP contribution in [0.1, 0.15) is 60.9 Å². The molecule has 3 aliphatic rings. The number of benzene rings is 1. The molecule has 31 heavy (non-hydrogen) atoms. The maximum Gasteiger partial charge on any atom is 0.421 e. The molecular formula is C22H27F3N6. The number of aromatic nitrogens is 2. The van der Waals surface area contributed by atoms with Gasteiger partial charge in [-0.1, -0.05) is 6.07 Å². The van der Waals surface area contributed by atoms with Crippen molar-refractivity contribution in [1.29, 1.82) is 0 Å². The third-order valence-corrected chi connectivity index (χ3v) is 6.80. The summed E-state index contributed by atoms with van der Waals surface area (Å²) in [5, 5.41) is 9.75. The van der Waals surface area contributed by atoms with Crippen LogP contribution >= 0.6 is 0 Å². The molecule has 1 aliphatic carbocycles. The summed E-state index contributed by atoms with van der Waals surface area (Å²) in [4.78, 5) is 10.3. The fraction of sp³-hybridized carbons (Fsp3) is 0.545. The molecule has 1 aromatic heterocycles. The number of nitrogens with one attached hydrogen (secondary N) is 3. The summed E-state index contributed by atoms with van der Waals surface area (Å²) in [5.74, 6) is -0.00315. The van der Waals surface area contributed by atoms with E-state index in [2.05, 4.69) is 43.0 Å². The highest BCUT2D eigenvalue weighted by Crippen LogP contribution is 2.45. The molecule has 2 aliphatic heterocycles. The Balaban J connectivity index is 1.41. The Kier molecular flexibility index (Phi) is 5.05. The van der Waals surface area contributed by atoms with Crippen LogP contribution in [0.15, 0.2) is 24.4 Å². The Bertz CT molecular complexity index is 976. The van der Waals surface area contributed by atoms with Crippen LogP contribution < -0.4 is 16.0 Å². The maximum absolute atomic E-state index is 13.6. The lowest BCUT2D eigenvalue weighted by atomic mass is 9.91. The summed E-state index contributed by atoms with van der Waals surface area (Å²) < 4.78 is 40.8. The van der Waals surface area contributed by atoms with Gasteiger partial charge in [0.1, 0.15) is 11.4 Å². The van der Waals surface area contributed by atoms with Gasteiger partial charge in [-0.2, -0.15) is 18.2 Å². The van der Waals surface area contributed by atoms with Gasteiger partial charge in [-0.15, -0.1) is 0 Å². The first-order valence-electron chi connectivity index (χ1n) is 10.8. The Morgan fingerprint density at radius 1 is 1.06 bits per heavy atom. The number of nitrogens with zero attached hydrogens (tertiary/aromatic N) is 3. The number of fused-ring (bicyclic) bond motifs is 5. The van der Waals surface area contributed by atoms with Gasteiger partial charge in [0.05, 0.1) is 0 Å². The van der Waals surface area contributed by atoms with Crippen molar-refractivity contribution >= 4 is 17.5 Å². The zero-order valence-corrected chi connectivity index (χ0v) is 17.6. The summed E-state index contributed by atoms with van der Waals surface area (Å²) in [5.41, 5.74) is 2.52. The molecule has 0 spiro atoms. The highest BCUT2D eigenvalue weighted by Gasteiger charge is 2.38. The normalized spacial score (nSPS) is 27.0. The zero-order valence-electron chi connectivity index (χ0n) is 17.6. The van der Waals surface area contributed by atoms with E-state index in [4.69, 9.17) is 0 Å². The molecule has 9 heteroatoms. The lowest BCUT2D eigenvalue weighted by Gasteiger charge is -2.28. The third-order valence-electron chi connectivity index (χ3n) is 6.80. The second-order valence-electron chi connectivity index (χ2n) is 8.98. The van der Waals surface area contributed by atoms with Crippen LogP contribution in [0.25, 0.3) is 0 Å². The summed E-state index contributed by atoms with van der Waals surface area (Å²) in [6, 6.07) is 6.94. The van der Waals surface area contributed by atoms with Crippen molar-refractivity contribution in [3.8, 4) is 0 Å². The van der Waals surface area contributed by atoms with E-state index in [1.807, 2.05) is 20.2 Å². The van der Waals surface area contributed by atoms with Gasteiger partial charge in [0, 0.05) is 36.1 Å². The van der Waals surface area contributed by atoms with Crippen LogP contribution in [0.4, 0.5) is 30.6 Å². The molecule has 1 aromatic carbocycles. The molecule has 3 heterocycles. The molecule has 5 rings (SSSR count). The van der Waals surface area contributed by atoms with Crippen LogP contribution in [0, 0.1) is 0 Å². The highest BCUT2D eigenvalue weighted by atomic mass is 19.4. The van der Waals surface area contributed by atoms with E-state index < -0.39 is 11.7 Å². The Morgan fingerprint density at radius 2 is 1.84 bits per heavy atom. The van der Waals surface area contributed by atoms with Crippen molar-refractivity contribution < 1.29 is 13.2 Å². The number of hydrogen-bond acceptors (Lipinski definition) is 6. The lowest BCUT2D eigenvalue weighted by molar-refractivity contribution is -0.137. The van der Waals surface area contributed by atoms with E-state index in [9.17, 15) is 13.2 Å². The van der Waals surface area contributed by atoms with Gasteiger partial charge in [-0.05, 0) is 69.5 Å². The van der Waals surface area contributed by atoms with E-state index in [-0.39, 0.29) is 23.8 Å². The molecule has 0 unspecified atom stereocenters. The minimum atomic E-state index is -4.52. The van der Waals surface area contributed by atoms with Crippen molar-refractivity contribution in [2.45, 2.75) is 62.4 Å². The zero-order chi connectivity index (χ0) is 21.8. The van der Waals surface area contributed by atoms with Crippen LogP contribution in [-0.4, -0.2) is 41.0 Å². The molecule has 1 saturated carbocycles.